The molecule has 2 aliphatic rings. The van der Waals surface area contributed by atoms with Crippen LogP contribution in [0.2, 0.25) is 0 Å². The van der Waals surface area contributed by atoms with E-state index in [0.29, 0.717) is 24.3 Å². The fourth-order valence-corrected chi connectivity index (χ4v) is 4.36. The number of amides is 1. The summed E-state index contributed by atoms with van der Waals surface area (Å²) < 4.78 is 0. The van der Waals surface area contributed by atoms with E-state index in [9.17, 15) is 4.79 Å². The zero-order chi connectivity index (χ0) is 16.2. The molecule has 24 heavy (non-hydrogen) atoms. The van der Waals surface area contributed by atoms with Crippen LogP contribution in [0.1, 0.15) is 56.6 Å². The second-order valence-corrected chi connectivity index (χ2v) is 7.31. The monoisotopic (exact) mass is 350 g/mol. The van der Waals surface area contributed by atoms with Crippen LogP contribution in [0.15, 0.2) is 24.3 Å². The van der Waals surface area contributed by atoms with Crippen molar-refractivity contribution in [3.8, 4) is 0 Å². The topological polar surface area (TPSA) is 46.3 Å². The lowest BCUT2D eigenvalue weighted by molar-refractivity contribution is -0.135. The lowest BCUT2D eigenvalue weighted by atomic mass is 9.87. The second-order valence-electron chi connectivity index (χ2n) is 7.31. The fourth-order valence-electron chi connectivity index (χ4n) is 4.36. The van der Waals surface area contributed by atoms with E-state index < -0.39 is 0 Å². The van der Waals surface area contributed by atoms with E-state index in [1.54, 1.807) is 0 Å². The minimum absolute atomic E-state index is 0. The van der Waals surface area contributed by atoms with Crippen LogP contribution >= 0.6 is 12.4 Å². The molecule has 1 fully saturated rings. The number of aryl methyl sites for hydroxylation is 1. The zero-order valence-electron chi connectivity index (χ0n) is 14.7. The van der Waals surface area contributed by atoms with Gasteiger partial charge in [-0.2, -0.15) is 0 Å². The predicted molar refractivity (Wildman–Crippen MR) is 101 cm³/mol. The Hall–Kier alpha value is -1.06. The number of carbonyl (C=O) groups is 1. The number of halogens is 1. The maximum absolute atomic E-state index is 12.9. The Morgan fingerprint density at radius 1 is 1.21 bits per heavy atom. The van der Waals surface area contributed by atoms with Crippen LogP contribution in [0, 0.1) is 5.92 Å². The van der Waals surface area contributed by atoms with Gasteiger partial charge in [-0.15, -0.1) is 12.4 Å². The smallest absolute Gasteiger partial charge is 0.223 e. The number of carbonyl (C=O) groups excluding carboxylic acids is 1. The lowest BCUT2D eigenvalue weighted by Gasteiger charge is -2.36. The van der Waals surface area contributed by atoms with Crippen molar-refractivity contribution in [3.05, 3.63) is 35.4 Å². The van der Waals surface area contributed by atoms with Crippen LogP contribution in [0.25, 0.3) is 0 Å². The highest BCUT2D eigenvalue weighted by Gasteiger charge is 2.31. The molecule has 3 rings (SSSR count). The summed E-state index contributed by atoms with van der Waals surface area (Å²) in [5.41, 5.74) is 9.06. The standard InChI is InChI=1S/C20H30N2O.ClH/c1-2-12-22(20(23)14-17-8-5-9-19(17)21)18-11-10-15-6-3-4-7-16(15)13-18;/h3-4,6-7,17-19H,2,5,8-14,21H2,1H3;1H/t17-,18?,19+;/m0./s1. The normalized spacial score (nSPS) is 25.7. The summed E-state index contributed by atoms with van der Waals surface area (Å²) in [6.07, 6.45) is 8.28. The van der Waals surface area contributed by atoms with Gasteiger partial charge in [0.15, 0.2) is 0 Å². The number of fused-ring (bicyclic) bond motifs is 1. The molecule has 0 bridgehead atoms. The minimum atomic E-state index is 0. The van der Waals surface area contributed by atoms with Crippen LogP contribution in [-0.2, 0) is 17.6 Å². The number of nitrogens with zero attached hydrogens (tertiary/aromatic N) is 1. The van der Waals surface area contributed by atoms with Crippen molar-refractivity contribution >= 4 is 18.3 Å². The van der Waals surface area contributed by atoms with Crippen molar-refractivity contribution in [3.63, 3.8) is 0 Å². The molecule has 1 aromatic carbocycles. The van der Waals surface area contributed by atoms with Gasteiger partial charge in [0.25, 0.3) is 0 Å². The molecule has 0 saturated heterocycles. The van der Waals surface area contributed by atoms with Gasteiger partial charge in [0.1, 0.15) is 0 Å². The predicted octanol–water partition coefficient (Wildman–Crippen LogP) is 3.72. The molecule has 4 heteroatoms. The molecule has 0 radical (unpaired) electrons. The van der Waals surface area contributed by atoms with Gasteiger partial charge in [0.05, 0.1) is 0 Å². The Kier molecular flexibility index (Phi) is 7.12. The Morgan fingerprint density at radius 3 is 2.62 bits per heavy atom. The number of benzene rings is 1. The zero-order valence-corrected chi connectivity index (χ0v) is 15.6. The van der Waals surface area contributed by atoms with Gasteiger partial charge in [-0.25, -0.2) is 0 Å². The minimum Gasteiger partial charge on any atom is -0.339 e. The van der Waals surface area contributed by atoms with Crippen molar-refractivity contribution in [1.82, 2.24) is 4.90 Å². The first-order valence-corrected chi connectivity index (χ1v) is 9.31. The Morgan fingerprint density at radius 2 is 1.96 bits per heavy atom. The third-order valence-corrected chi connectivity index (χ3v) is 5.70. The summed E-state index contributed by atoms with van der Waals surface area (Å²) in [6.45, 7) is 3.05. The highest BCUT2D eigenvalue weighted by molar-refractivity contribution is 5.85. The molecule has 0 aromatic heterocycles. The van der Waals surface area contributed by atoms with Gasteiger partial charge in [0.2, 0.25) is 5.91 Å². The molecule has 2 aliphatic carbocycles. The molecule has 0 spiro atoms. The van der Waals surface area contributed by atoms with Gasteiger partial charge in [-0.1, -0.05) is 37.6 Å². The molecule has 1 saturated carbocycles. The fraction of sp³-hybridized carbons (Fsp3) is 0.650. The van der Waals surface area contributed by atoms with Crippen LogP contribution < -0.4 is 5.73 Å². The molecule has 3 atom stereocenters. The number of nitrogens with two attached hydrogens (primary N) is 1. The molecular weight excluding hydrogens is 320 g/mol. The van der Waals surface area contributed by atoms with Crippen LogP contribution in [0.5, 0.6) is 0 Å². The third-order valence-electron chi connectivity index (χ3n) is 5.70. The van der Waals surface area contributed by atoms with Crippen molar-refractivity contribution in [2.45, 2.75) is 70.4 Å². The average molecular weight is 351 g/mol. The molecular formula is C20H31ClN2O. The first-order valence-electron chi connectivity index (χ1n) is 9.31. The Bertz CT molecular complexity index is 548. The lowest BCUT2D eigenvalue weighted by Crippen LogP contribution is -2.45. The summed E-state index contributed by atoms with van der Waals surface area (Å²) in [7, 11) is 0. The van der Waals surface area contributed by atoms with E-state index >= 15 is 0 Å². The summed E-state index contributed by atoms with van der Waals surface area (Å²) >= 11 is 0. The van der Waals surface area contributed by atoms with Crippen LogP contribution in [-0.4, -0.2) is 29.4 Å². The first-order chi connectivity index (χ1) is 11.2. The molecule has 1 unspecified atom stereocenters. The quantitative estimate of drug-likeness (QED) is 0.879. The largest absolute Gasteiger partial charge is 0.339 e. The van der Waals surface area contributed by atoms with E-state index in [0.717, 1.165) is 45.1 Å². The highest BCUT2D eigenvalue weighted by atomic mass is 35.5. The van der Waals surface area contributed by atoms with Crippen LogP contribution in [0.4, 0.5) is 0 Å². The van der Waals surface area contributed by atoms with E-state index in [1.807, 2.05) is 0 Å². The van der Waals surface area contributed by atoms with Gasteiger partial charge in [-0.3, -0.25) is 4.79 Å². The van der Waals surface area contributed by atoms with Crippen molar-refractivity contribution < 1.29 is 4.79 Å². The van der Waals surface area contributed by atoms with E-state index in [-0.39, 0.29) is 18.4 Å². The van der Waals surface area contributed by atoms with Gasteiger partial charge in [-0.05, 0) is 55.6 Å². The van der Waals surface area contributed by atoms with Crippen molar-refractivity contribution in [1.29, 1.82) is 0 Å². The highest BCUT2D eigenvalue weighted by Crippen LogP contribution is 2.29. The molecule has 2 N–H and O–H groups in total. The first kappa shape index (κ1) is 19.3. The Balaban J connectivity index is 0.00000208. The van der Waals surface area contributed by atoms with E-state index in [2.05, 4.69) is 36.1 Å². The van der Waals surface area contributed by atoms with Gasteiger partial charge >= 0.3 is 0 Å². The van der Waals surface area contributed by atoms with E-state index in [1.165, 1.54) is 17.5 Å². The molecule has 1 amide bonds. The van der Waals surface area contributed by atoms with Crippen molar-refractivity contribution in [2.75, 3.05) is 6.54 Å². The second kappa shape index (κ2) is 8.87. The van der Waals surface area contributed by atoms with Gasteiger partial charge in [0, 0.05) is 25.0 Å². The number of hydrogen-bond donors (Lipinski definition) is 1. The third kappa shape index (κ3) is 4.31. The maximum atomic E-state index is 12.9. The molecule has 0 aliphatic heterocycles. The SMILES string of the molecule is CCCN(C(=O)C[C@@H]1CCC[C@H]1N)C1CCc2ccccc2C1.Cl. The molecule has 0 heterocycles. The number of rotatable bonds is 5. The van der Waals surface area contributed by atoms with E-state index in [4.69, 9.17) is 5.73 Å². The van der Waals surface area contributed by atoms with Crippen LogP contribution in [0.3, 0.4) is 0 Å². The van der Waals surface area contributed by atoms with Crippen molar-refractivity contribution in [2.24, 2.45) is 11.7 Å². The van der Waals surface area contributed by atoms with Gasteiger partial charge < -0.3 is 10.6 Å². The average Bonchev–Trinajstić information content (AvgIpc) is 2.97. The molecule has 1 aromatic rings. The summed E-state index contributed by atoms with van der Waals surface area (Å²) in [4.78, 5) is 15.1. The summed E-state index contributed by atoms with van der Waals surface area (Å²) in [5.74, 6) is 0.733. The maximum Gasteiger partial charge on any atom is 0.223 e. The summed E-state index contributed by atoms with van der Waals surface area (Å²) in [5, 5.41) is 0. The molecule has 134 valence electrons. The molecule has 3 nitrogen and oxygen atoms in total. The Labute approximate surface area is 152 Å². The number of hydrogen-bond acceptors (Lipinski definition) is 2. The summed E-state index contributed by atoms with van der Waals surface area (Å²) in [6, 6.07) is 9.29.